The van der Waals surface area contributed by atoms with E-state index in [1.165, 1.54) is 0 Å². The third-order valence-electron chi connectivity index (χ3n) is 7.41. The molecule has 1 unspecified atom stereocenters. The van der Waals surface area contributed by atoms with Gasteiger partial charge in [-0.1, -0.05) is 42.3 Å². The number of terminal acetylenes is 1. The molecular weight excluding hydrogens is 402 g/mol. The van der Waals surface area contributed by atoms with Crippen LogP contribution in [-0.2, 0) is 21.6 Å². The van der Waals surface area contributed by atoms with Gasteiger partial charge in [0.2, 0.25) is 0 Å². The lowest BCUT2D eigenvalue weighted by Crippen LogP contribution is -2.63. The van der Waals surface area contributed by atoms with Crippen molar-refractivity contribution in [3.05, 3.63) is 59.3 Å². The second kappa shape index (κ2) is 8.32. The van der Waals surface area contributed by atoms with E-state index >= 15 is 0 Å². The minimum Gasteiger partial charge on any atom is -0.382 e. The van der Waals surface area contributed by atoms with Gasteiger partial charge in [-0.05, 0) is 43.5 Å². The van der Waals surface area contributed by atoms with Gasteiger partial charge in [0.05, 0.1) is 5.69 Å². The number of methoxy groups -OCH3 is 1. The molecule has 2 bridgehead atoms. The first kappa shape index (κ1) is 21.1. The topological polar surface area (TPSA) is 65.9 Å². The smallest absolute Gasteiger partial charge is 0.257 e. The van der Waals surface area contributed by atoms with Gasteiger partial charge in [-0.25, -0.2) is 4.98 Å². The summed E-state index contributed by atoms with van der Waals surface area (Å²) in [4.78, 5) is 21.6. The van der Waals surface area contributed by atoms with Crippen molar-refractivity contribution in [1.82, 2.24) is 9.88 Å². The van der Waals surface area contributed by atoms with E-state index in [0.717, 1.165) is 42.8 Å². The lowest BCUT2D eigenvalue weighted by molar-refractivity contribution is -0.143. The number of fused-ring (bicyclic) bond motifs is 3. The minimum atomic E-state index is -1.15. The molecule has 0 spiro atoms. The molecule has 3 atom stereocenters. The average Bonchev–Trinajstić information content (AvgIpc) is 3.20. The number of anilines is 1. The molecule has 6 nitrogen and oxygen atoms in total. The number of amides is 1. The minimum absolute atomic E-state index is 0.0681. The average molecular weight is 432 g/mol. The molecule has 1 N–H and O–H groups in total. The first-order valence-electron chi connectivity index (χ1n) is 11.4. The van der Waals surface area contributed by atoms with Crippen LogP contribution in [0.15, 0.2) is 42.5 Å². The lowest BCUT2D eigenvalue weighted by Gasteiger charge is -2.54. The molecule has 4 fully saturated rings. The Labute approximate surface area is 189 Å². The van der Waals surface area contributed by atoms with Crippen LogP contribution in [0.2, 0.25) is 0 Å². The molecule has 0 aliphatic carbocycles. The van der Waals surface area contributed by atoms with Crippen molar-refractivity contribution >= 4 is 11.7 Å². The number of nitrogens with zero attached hydrogens (tertiary/aromatic N) is 3. The Balaban J connectivity index is 1.59. The maximum atomic E-state index is 12.7. The number of hydrogen-bond donors (Lipinski definition) is 1. The van der Waals surface area contributed by atoms with Crippen LogP contribution in [-0.4, -0.2) is 59.8 Å². The van der Waals surface area contributed by atoms with E-state index in [2.05, 4.69) is 23.0 Å². The third-order valence-corrected chi connectivity index (χ3v) is 7.41. The Kier molecular flexibility index (Phi) is 5.50. The normalized spacial score (nSPS) is 31.7. The van der Waals surface area contributed by atoms with E-state index in [0.29, 0.717) is 25.2 Å². The van der Waals surface area contributed by atoms with Crippen molar-refractivity contribution in [3.8, 4) is 12.3 Å². The molecular formula is C26H29N3O3. The van der Waals surface area contributed by atoms with Crippen LogP contribution in [0.3, 0.4) is 0 Å². The fourth-order valence-corrected chi connectivity index (χ4v) is 5.73. The number of aliphatic hydroxyl groups is 1. The zero-order valence-electron chi connectivity index (χ0n) is 18.4. The van der Waals surface area contributed by atoms with Gasteiger partial charge in [0.1, 0.15) is 23.6 Å². The molecule has 4 saturated heterocycles. The fraction of sp³-hybridized carbons (Fsp3) is 0.462. The maximum absolute atomic E-state index is 12.7. The number of piperidine rings is 3. The van der Waals surface area contributed by atoms with Gasteiger partial charge in [-0.3, -0.25) is 14.6 Å². The van der Waals surface area contributed by atoms with Gasteiger partial charge in [0, 0.05) is 32.1 Å². The number of pyridine rings is 1. The Morgan fingerprint density at radius 1 is 1.16 bits per heavy atom. The van der Waals surface area contributed by atoms with E-state index in [9.17, 15) is 9.90 Å². The van der Waals surface area contributed by atoms with Crippen molar-refractivity contribution in [2.75, 3.05) is 31.6 Å². The summed E-state index contributed by atoms with van der Waals surface area (Å²) in [5.74, 6) is 3.51. The Morgan fingerprint density at radius 3 is 2.56 bits per heavy atom. The number of carbonyl (C=O) groups is 1. The molecule has 1 aromatic carbocycles. The molecule has 32 heavy (non-hydrogen) atoms. The highest BCUT2D eigenvalue weighted by Crippen LogP contribution is 2.48. The summed E-state index contributed by atoms with van der Waals surface area (Å²) in [7, 11) is 1.56. The number of ether oxygens (including phenoxy) is 1. The maximum Gasteiger partial charge on any atom is 0.257 e. The summed E-state index contributed by atoms with van der Waals surface area (Å²) >= 11 is 0. The molecule has 4 aliphatic rings. The van der Waals surface area contributed by atoms with E-state index in [-0.39, 0.29) is 17.9 Å². The summed E-state index contributed by atoms with van der Waals surface area (Å²) in [6, 6.07) is 13.5. The van der Waals surface area contributed by atoms with Crippen molar-refractivity contribution in [1.29, 1.82) is 0 Å². The van der Waals surface area contributed by atoms with Crippen LogP contribution in [0.4, 0.5) is 5.82 Å². The fourth-order valence-electron chi connectivity index (χ4n) is 5.73. The summed E-state index contributed by atoms with van der Waals surface area (Å²) < 4.78 is 5.31. The third kappa shape index (κ3) is 3.32. The molecule has 6 rings (SSSR count). The van der Waals surface area contributed by atoms with Gasteiger partial charge in [0.25, 0.3) is 5.91 Å². The van der Waals surface area contributed by atoms with Crippen LogP contribution >= 0.6 is 0 Å². The van der Waals surface area contributed by atoms with E-state index < -0.39 is 11.7 Å². The molecule has 166 valence electrons. The second-order valence-corrected chi connectivity index (χ2v) is 9.03. The summed E-state index contributed by atoms with van der Waals surface area (Å²) in [5, 5.41) is 12.1. The number of carbonyl (C=O) groups excluding carboxylic acids is 1. The predicted octanol–water partition coefficient (Wildman–Crippen LogP) is 2.34. The van der Waals surface area contributed by atoms with Crippen molar-refractivity contribution < 1.29 is 14.6 Å². The number of aromatic nitrogens is 1. The van der Waals surface area contributed by atoms with E-state index in [1.807, 2.05) is 30.3 Å². The van der Waals surface area contributed by atoms with Gasteiger partial charge in [0.15, 0.2) is 0 Å². The Morgan fingerprint density at radius 2 is 1.91 bits per heavy atom. The zero-order chi connectivity index (χ0) is 22.3. The Hall–Kier alpha value is -2.72. The highest BCUT2D eigenvalue weighted by atomic mass is 16.5. The quantitative estimate of drug-likeness (QED) is 0.737. The highest BCUT2D eigenvalue weighted by molar-refractivity contribution is 5.98. The SMILES string of the molecule is C#CC1N2CCC(CC2)[C@@]1(O)c1ccc(N2CC[C@@H](OC)C2=O)nc1Cc1ccccc1. The van der Waals surface area contributed by atoms with Crippen molar-refractivity contribution in [2.45, 2.75) is 43.4 Å². The van der Waals surface area contributed by atoms with E-state index in [1.54, 1.807) is 12.0 Å². The Bertz CT molecular complexity index is 1040. The van der Waals surface area contributed by atoms with Crippen LogP contribution in [0.5, 0.6) is 0 Å². The standard InChI is InChI=1S/C26H29N3O3/c1-3-23-26(31,19-11-14-28(23)15-12-19)20-9-10-24(29-16-13-22(32-2)25(29)30)27-21(20)17-18-7-5-4-6-8-18/h1,4-10,19,22-23,31H,11-17H2,2H3/t22-,23?,26-/m1/s1. The summed E-state index contributed by atoms with van der Waals surface area (Å²) in [5.41, 5.74) is 1.52. The van der Waals surface area contributed by atoms with Crippen LogP contribution < -0.4 is 4.90 Å². The second-order valence-electron chi connectivity index (χ2n) is 9.03. The molecule has 1 amide bonds. The molecule has 6 heteroatoms. The molecule has 1 aromatic heterocycles. The number of hydrogen-bond acceptors (Lipinski definition) is 5. The van der Waals surface area contributed by atoms with Gasteiger partial charge in [-0.15, -0.1) is 6.42 Å². The van der Waals surface area contributed by atoms with Gasteiger partial charge < -0.3 is 9.84 Å². The van der Waals surface area contributed by atoms with Gasteiger partial charge in [-0.2, -0.15) is 0 Å². The largest absolute Gasteiger partial charge is 0.382 e. The van der Waals surface area contributed by atoms with Crippen molar-refractivity contribution in [3.63, 3.8) is 0 Å². The molecule has 5 heterocycles. The van der Waals surface area contributed by atoms with Gasteiger partial charge >= 0.3 is 0 Å². The number of benzene rings is 1. The first-order valence-corrected chi connectivity index (χ1v) is 11.4. The molecule has 0 saturated carbocycles. The van der Waals surface area contributed by atoms with Crippen molar-refractivity contribution in [2.24, 2.45) is 5.92 Å². The van der Waals surface area contributed by atoms with Crippen LogP contribution in [0.25, 0.3) is 0 Å². The molecule has 0 radical (unpaired) electrons. The summed E-state index contributed by atoms with van der Waals surface area (Å²) in [6.07, 6.45) is 8.56. The predicted molar refractivity (Wildman–Crippen MR) is 122 cm³/mol. The van der Waals surface area contributed by atoms with Crippen LogP contribution in [0, 0.1) is 18.3 Å². The molecule has 4 aliphatic heterocycles. The zero-order valence-corrected chi connectivity index (χ0v) is 18.4. The highest BCUT2D eigenvalue weighted by Gasteiger charge is 2.54. The van der Waals surface area contributed by atoms with E-state index in [4.69, 9.17) is 16.1 Å². The van der Waals surface area contributed by atoms with Crippen LogP contribution in [0.1, 0.15) is 36.1 Å². The molecule has 2 aromatic rings. The summed E-state index contributed by atoms with van der Waals surface area (Å²) in [6.45, 7) is 2.41. The lowest BCUT2D eigenvalue weighted by atomic mass is 9.66. The number of rotatable bonds is 5. The first-order chi connectivity index (χ1) is 15.6. The monoisotopic (exact) mass is 431 g/mol.